The molecule has 3 atom stereocenters. The molecule has 1 aromatic rings. The Morgan fingerprint density at radius 2 is 1.80 bits per heavy atom. The SMILES string of the molecule is NCCCCC(NC(CCc1ccccc1)C(=O)O)C(=O)N1CCC[C@H]1C(=O)O.[NaH]. The summed E-state index contributed by atoms with van der Waals surface area (Å²) in [4.78, 5) is 37.7. The molecule has 8 nitrogen and oxygen atoms in total. The van der Waals surface area contributed by atoms with Crippen LogP contribution < -0.4 is 11.1 Å². The van der Waals surface area contributed by atoms with Crippen LogP contribution in [-0.2, 0) is 20.8 Å². The van der Waals surface area contributed by atoms with E-state index in [0.29, 0.717) is 51.6 Å². The van der Waals surface area contributed by atoms with Crippen molar-refractivity contribution in [3.8, 4) is 0 Å². The zero-order valence-electron chi connectivity index (χ0n) is 16.6. The number of hydrogen-bond donors (Lipinski definition) is 4. The van der Waals surface area contributed by atoms with Crippen molar-refractivity contribution in [3.63, 3.8) is 0 Å². The second-order valence-corrected chi connectivity index (χ2v) is 7.45. The maximum absolute atomic E-state index is 13.1. The molecule has 2 rings (SSSR count). The third kappa shape index (κ3) is 8.00. The molecule has 30 heavy (non-hydrogen) atoms. The van der Waals surface area contributed by atoms with Gasteiger partial charge in [-0.1, -0.05) is 36.8 Å². The van der Waals surface area contributed by atoms with Crippen LogP contribution in [0.4, 0.5) is 0 Å². The van der Waals surface area contributed by atoms with Crippen LogP contribution in [0.2, 0.25) is 0 Å². The zero-order chi connectivity index (χ0) is 21.2. The number of likely N-dealkylation sites (tertiary alicyclic amines) is 1. The normalized spacial score (nSPS) is 17.8. The Labute approximate surface area is 199 Å². The average molecular weight is 429 g/mol. The molecule has 1 heterocycles. The first-order chi connectivity index (χ1) is 13.9. The van der Waals surface area contributed by atoms with E-state index >= 15 is 0 Å². The fraction of sp³-hybridized carbons (Fsp3) is 0.571. The minimum absolute atomic E-state index is 0. The monoisotopic (exact) mass is 429 g/mol. The van der Waals surface area contributed by atoms with Gasteiger partial charge in [-0.05, 0) is 50.6 Å². The summed E-state index contributed by atoms with van der Waals surface area (Å²) in [5.41, 5.74) is 6.57. The molecule has 0 spiro atoms. The molecule has 1 aliphatic heterocycles. The van der Waals surface area contributed by atoms with Gasteiger partial charge in [-0.15, -0.1) is 0 Å². The molecule has 0 saturated carbocycles. The number of nitrogens with one attached hydrogen (secondary N) is 1. The molecular formula is C21H32N3NaO5. The number of carbonyl (C=O) groups is 3. The Balaban J connectivity index is 0.00000450. The Hall–Kier alpha value is -1.45. The number of amides is 1. The van der Waals surface area contributed by atoms with Crippen LogP contribution in [0.5, 0.6) is 0 Å². The molecule has 1 aliphatic rings. The van der Waals surface area contributed by atoms with Crippen molar-refractivity contribution in [2.45, 2.75) is 63.1 Å². The Morgan fingerprint density at radius 3 is 2.40 bits per heavy atom. The van der Waals surface area contributed by atoms with Crippen molar-refractivity contribution in [1.82, 2.24) is 10.2 Å². The molecule has 9 heteroatoms. The van der Waals surface area contributed by atoms with Gasteiger partial charge in [-0.2, -0.15) is 0 Å². The van der Waals surface area contributed by atoms with Gasteiger partial charge in [0.2, 0.25) is 5.91 Å². The molecule has 1 amide bonds. The summed E-state index contributed by atoms with van der Waals surface area (Å²) in [6.45, 7) is 0.866. The van der Waals surface area contributed by atoms with Crippen LogP contribution in [-0.4, -0.2) is 93.7 Å². The number of carboxylic acid groups (broad SMARTS) is 2. The van der Waals surface area contributed by atoms with E-state index in [0.717, 1.165) is 12.0 Å². The first kappa shape index (κ1) is 26.6. The van der Waals surface area contributed by atoms with Crippen LogP contribution in [0.25, 0.3) is 0 Å². The number of unbranched alkanes of at least 4 members (excludes halogenated alkanes) is 1. The molecule has 1 aromatic carbocycles. The summed E-state index contributed by atoms with van der Waals surface area (Å²) in [6, 6.07) is 7.10. The number of nitrogens with zero attached hydrogens (tertiary/aromatic N) is 1. The molecular weight excluding hydrogens is 397 g/mol. The van der Waals surface area contributed by atoms with Gasteiger partial charge in [-0.25, -0.2) is 4.79 Å². The van der Waals surface area contributed by atoms with Gasteiger partial charge in [0.25, 0.3) is 0 Å². The van der Waals surface area contributed by atoms with Crippen LogP contribution >= 0.6 is 0 Å². The van der Waals surface area contributed by atoms with Crippen molar-refractivity contribution < 1.29 is 24.6 Å². The predicted octanol–water partition coefficient (Wildman–Crippen LogP) is 0.587. The number of hydrogen-bond acceptors (Lipinski definition) is 5. The van der Waals surface area contributed by atoms with E-state index in [1.54, 1.807) is 0 Å². The molecule has 1 saturated heterocycles. The van der Waals surface area contributed by atoms with Crippen molar-refractivity contribution >= 4 is 47.4 Å². The first-order valence-electron chi connectivity index (χ1n) is 10.2. The van der Waals surface area contributed by atoms with Gasteiger partial charge < -0.3 is 20.8 Å². The van der Waals surface area contributed by atoms with E-state index in [2.05, 4.69) is 5.32 Å². The zero-order valence-corrected chi connectivity index (χ0v) is 16.6. The topological polar surface area (TPSA) is 133 Å². The molecule has 5 N–H and O–H groups in total. The third-order valence-corrected chi connectivity index (χ3v) is 5.33. The first-order valence-corrected chi connectivity index (χ1v) is 10.2. The van der Waals surface area contributed by atoms with E-state index in [9.17, 15) is 24.6 Å². The van der Waals surface area contributed by atoms with Crippen molar-refractivity contribution in [2.24, 2.45) is 5.73 Å². The molecule has 1 fully saturated rings. The van der Waals surface area contributed by atoms with E-state index in [-0.39, 0.29) is 35.5 Å². The number of aliphatic carboxylic acids is 2. The number of benzene rings is 1. The number of carbonyl (C=O) groups excluding carboxylic acids is 1. The molecule has 0 aromatic heterocycles. The molecule has 2 unspecified atom stereocenters. The Kier molecular flexibility index (Phi) is 12.2. The van der Waals surface area contributed by atoms with Crippen molar-refractivity contribution in [3.05, 3.63) is 35.9 Å². The summed E-state index contributed by atoms with van der Waals surface area (Å²) in [7, 11) is 0. The molecule has 0 bridgehead atoms. The average Bonchev–Trinajstić information content (AvgIpc) is 3.20. The van der Waals surface area contributed by atoms with Gasteiger partial charge in [0.05, 0.1) is 6.04 Å². The summed E-state index contributed by atoms with van der Waals surface area (Å²) in [5.74, 6) is -2.37. The summed E-state index contributed by atoms with van der Waals surface area (Å²) in [5, 5.41) is 22.0. The van der Waals surface area contributed by atoms with Crippen LogP contribution in [0, 0.1) is 0 Å². The van der Waals surface area contributed by atoms with E-state index in [1.807, 2.05) is 30.3 Å². The number of carboxylic acids is 2. The van der Waals surface area contributed by atoms with Gasteiger partial charge >= 0.3 is 41.5 Å². The summed E-state index contributed by atoms with van der Waals surface area (Å²) in [6.07, 6.45) is 3.76. The van der Waals surface area contributed by atoms with Crippen LogP contribution in [0.1, 0.15) is 44.1 Å². The fourth-order valence-corrected chi connectivity index (χ4v) is 3.73. The summed E-state index contributed by atoms with van der Waals surface area (Å²) >= 11 is 0. The van der Waals surface area contributed by atoms with Crippen LogP contribution in [0.3, 0.4) is 0 Å². The second-order valence-electron chi connectivity index (χ2n) is 7.45. The third-order valence-electron chi connectivity index (χ3n) is 5.33. The minimum atomic E-state index is -1.02. The maximum atomic E-state index is 13.1. The van der Waals surface area contributed by atoms with Gasteiger partial charge in [0.1, 0.15) is 12.1 Å². The van der Waals surface area contributed by atoms with Crippen molar-refractivity contribution in [2.75, 3.05) is 13.1 Å². The van der Waals surface area contributed by atoms with E-state index < -0.39 is 30.1 Å². The summed E-state index contributed by atoms with van der Waals surface area (Å²) < 4.78 is 0. The quantitative estimate of drug-likeness (QED) is 0.282. The molecule has 0 aliphatic carbocycles. The molecule has 162 valence electrons. The standard InChI is InChI=1S/C21H31N3O5.Na.H/c22-13-5-4-9-16(19(25)24-14-6-10-18(24)21(28)29)23-17(20(26)27)12-11-15-7-2-1-3-8-15;;/h1-3,7-8,16-18,23H,4-6,9-14,22H2,(H,26,27)(H,28,29);;/t16?,17?,18-;;/m0../s1. The predicted molar refractivity (Wildman–Crippen MR) is 116 cm³/mol. The van der Waals surface area contributed by atoms with Gasteiger partial charge in [0, 0.05) is 6.54 Å². The Bertz CT molecular complexity index is 688. The van der Waals surface area contributed by atoms with Gasteiger partial charge in [-0.3, -0.25) is 14.9 Å². The second kappa shape index (κ2) is 13.8. The fourth-order valence-electron chi connectivity index (χ4n) is 3.73. The van der Waals surface area contributed by atoms with E-state index in [1.165, 1.54) is 4.90 Å². The van der Waals surface area contributed by atoms with Crippen molar-refractivity contribution in [1.29, 1.82) is 0 Å². The number of rotatable bonds is 12. The van der Waals surface area contributed by atoms with Gasteiger partial charge in [0.15, 0.2) is 0 Å². The molecule has 0 radical (unpaired) electrons. The Morgan fingerprint density at radius 1 is 1.10 bits per heavy atom. The van der Waals surface area contributed by atoms with Crippen LogP contribution in [0.15, 0.2) is 30.3 Å². The number of aryl methyl sites for hydroxylation is 1. The number of nitrogens with two attached hydrogens (primary N) is 1. The van der Waals surface area contributed by atoms with E-state index in [4.69, 9.17) is 5.73 Å².